The van der Waals surface area contributed by atoms with Gasteiger partial charge in [0, 0.05) is 19.2 Å². The number of anilines is 1. The summed E-state index contributed by atoms with van der Waals surface area (Å²) in [5.41, 5.74) is 2.45. The Kier molecular flexibility index (Phi) is 4.38. The maximum absolute atomic E-state index is 4.18. The third kappa shape index (κ3) is 2.76. The predicted molar refractivity (Wildman–Crippen MR) is 69.0 cm³/mol. The first-order chi connectivity index (χ1) is 7.27. The number of nitrogens with zero attached hydrogens (tertiary/aromatic N) is 2. The molecule has 3 nitrogen and oxygen atoms in total. The number of aromatic nitrogens is 2. The molecule has 0 aliphatic carbocycles. The summed E-state index contributed by atoms with van der Waals surface area (Å²) in [7, 11) is 1.94. The Hall–Kier alpha value is -1.48. The van der Waals surface area contributed by atoms with E-state index in [1.165, 1.54) is 11.1 Å². The number of benzene rings is 1. The van der Waals surface area contributed by atoms with Crippen molar-refractivity contribution in [1.82, 2.24) is 9.78 Å². The van der Waals surface area contributed by atoms with Gasteiger partial charge in [-0.15, -0.1) is 12.4 Å². The minimum absolute atomic E-state index is 0. The Morgan fingerprint density at radius 2 is 1.94 bits per heavy atom. The van der Waals surface area contributed by atoms with Gasteiger partial charge >= 0.3 is 0 Å². The van der Waals surface area contributed by atoms with Crippen molar-refractivity contribution in [3.63, 3.8) is 0 Å². The normalized spacial score (nSPS) is 9.62. The second-order valence-corrected chi connectivity index (χ2v) is 3.64. The quantitative estimate of drug-likeness (QED) is 0.890. The number of halogens is 1. The molecule has 16 heavy (non-hydrogen) atoms. The minimum atomic E-state index is 0. The van der Waals surface area contributed by atoms with E-state index in [2.05, 4.69) is 29.5 Å². The molecule has 0 spiro atoms. The van der Waals surface area contributed by atoms with Gasteiger partial charge in [0.1, 0.15) is 5.82 Å². The third-order valence-corrected chi connectivity index (χ3v) is 2.42. The van der Waals surface area contributed by atoms with Crippen LogP contribution in [0.15, 0.2) is 36.5 Å². The first-order valence-corrected chi connectivity index (χ1v) is 5.04. The van der Waals surface area contributed by atoms with Crippen molar-refractivity contribution < 1.29 is 0 Å². The van der Waals surface area contributed by atoms with Crippen LogP contribution in [0.25, 0.3) is 0 Å². The molecule has 86 valence electrons. The maximum Gasteiger partial charge on any atom is 0.127 e. The van der Waals surface area contributed by atoms with Crippen LogP contribution in [0.5, 0.6) is 0 Å². The standard InChI is InChI=1S/C12H15N3.ClH/c1-10-8-14-15(2)12(10)13-9-11-6-4-3-5-7-11;/h3-8,13H,9H2,1-2H3;1H. The lowest BCUT2D eigenvalue weighted by molar-refractivity contribution is 0.768. The molecule has 2 rings (SSSR count). The van der Waals surface area contributed by atoms with Gasteiger partial charge in [-0.25, -0.2) is 0 Å². The van der Waals surface area contributed by atoms with E-state index in [9.17, 15) is 0 Å². The van der Waals surface area contributed by atoms with Gasteiger partial charge < -0.3 is 5.32 Å². The number of aryl methyl sites for hydroxylation is 2. The highest BCUT2D eigenvalue weighted by Crippen LogP contribution is 2.13. The fourth-order valence-corrected chi connectivity index (χ4v) is 1.58. The van der Waals surface area contributed by atoms with Crippen LogP contribution in [0.2, 0.25) is 0 Å². The summed E-state index contributed by atoms with van der Waals surface area (Å²) < 4.78 is 1.86. The number of hydrogen-bond acceptors (Lipinski definition) is 2. The lowest BCUT2D eigenvalue weighted by atomic mass is 10.2. The molecule has 0 bridgehead atoms. The minimum Gasteiger partial charge on any atom is -0.366 e. The van der Waals surface area contributed by atoms with E-state index in [0.717, 1.165) is 12.4 Å². The molecule has 0 saturated heterocycles. The summed E-state index contributed by atoms with van der Waals surface area (Å²) in [6, 6.07) is 10.3. The molecule has 0 aliphatic rings. The maximum atomic E-state index is 4.18. The van der Waals surface area contributed by atoms with E-state index in [0.29, 0.717) is 0 Å². The fourth-order valence-electron chi connectivity index (χ4n) is 1.58. The lowest BCUT2D eigenvalue weighted by Crippen LogP contribution is -2.05. The van der Waals surface area contributed by atoms with E-state index < -0.39 is 0 Å². The molecule has 0 unspecified atom stereocenters. The summed E-state index contributed by atoms with van der Waals surface area (Å²) in [5, 5.41) is 7.56. The van der Waals surface area contributed by atoms with Crippen molar-refractivity contribution in [2.75, 3.05) is 5.32 Å². The first kappa shape index (κ1) is 12.6. The summed E-state index contributed by atoms with van der Waals surface area (Å²) in [4.78, 5) is 0. The van der Waals surface area contributed by atoms with Crippen LogP contribution < -0.4 is 5.32 Å². The molecule has 2 aromatic rings. The van der Waals surface area contributed by atoms with Gasteiger partial charge in [0.2, 0.25) is 0 Å². The van der Waals surface area contributed by atoms with Crippen LogP contribution >= 0.6 is 12.4 Å². The largest absolute Gasteiger partial charge is 0.366 e. The second-order valence-electron chi connectivity index (χ2n) is 3.64. The van der Waals surface area contributed by atoms with E-state index in [1.807, 2.05) is 36.1 Å². The van der Waals surface area contributed by atoms with Gasteiger partial charge in [0.05, 0.1) is 6.20 Å². The lowest BCUT2D eigenvalue weighted by Gasteiger charge is -2.07. The summed E-state index contributed by atoms with van der Waals surface area (Å²) in [6.45, 7) is 2.89. The second kappa shape index (κ2) is 5.56. The topological polar surface area (TPSA) is 29.9 Å². The molecule has 1 aromatic heterocycles. The molecule has 4 heteroatoms. The Morgan fingerprint density at radius 3 is 2.50 bits per heavy atom. The Bertz CT molecular complexity index is 417. The van der Waals surface area contributed by atoms with E-state index >= 15 is 0 Å². The van der Waals surface area contributed by atoms with Gasteiger partial charge in [0.25, 0.3) is 0 Å². The molecular weight excluding hydrogens is 222 g/mol. The van der Waals surface area contributed by atoms with Gasteiger partial charge in [0.15, 0.2) is 0 Å². The van der Waals surface area contributed by atoms with Crippen molar-refractivity contribution in [3.05, 3.63) is 47.7 Å². The van der Waals surface area contributed by atoms with Crippen LogP contribution in [0.3, 0.4) is 0 Å². The molecule has 0 aliphatic heterocycles. The Labute approximate surface area is 102 Å². The van der Waals surface area contributed by atoms with Crippen molar-refractivity contribution in [3.8, 4) is 0 Å². The highest BCUT2D eigenvalue weighted by molar-refractivity contribution is 5.85. The zero-order chi connectivity index (χ0) is 10.7. The SMILES string of the molecule is Cc1cnn(C)c1NCc1ccccc1.Cl. The van der Waals surface area contributed by atoms with Gasteiger partial charge in [-0.2, -0.15) is 5.10 Å². The van der Waals surface area contributed by atoms with Crippen LogP contribution in [0.4, 0.5) is 5.82 Å². The highest BCUT2D eigenvalue weighted by atomic mass is 35.5. The van der Waals surface area contributed by atoms with Crippen LogP contribution in [-0.4, -0.2) is 9.78 Å². The number of nitrogens with one attached hydrogen (secondary N) is 1. The van der Waals surface area contributed by atoms with Crippen LogP contribution in [0, 0.1) is 6.92 Å². The molecule has 1 heterocycles. The molecule has 0 fully saturated rings. The summed E-state index contributed by atoms with van der Waals surface area (Å²) >= 11 is 0. The molecule has 0 atom stereocenters. The smallest absolute Gasteiger partial charge is 0.127 e. The van der Waals surface area contributed by atoms with Crippen molar-refractivity contribution in [2.45, 2.75) is 13.5 Å². The van der Waals surface area contributed by atoms with Crippen molar-refractivity contribution >= 4 is 18.2 Å². The molecular formula is C12H16ClN3. The third-order valence-electron chi connectivity index (χ3n) is 2.42. The zero-order valence-electron chi connectivity index (χ0n) is 9.47. The van der Waals surface area contributed by atoms with Crippen LogP contribution in [-0.2, 0) is 13.6 Å². The predicted octanol–water partition coefficient (Wildman–Crippen LogP) is 2.76. The summed E-state index contributed by atoms with van der Waals surface area (Å²) in [5.74, 6) is 1.08. The van der Waals surface area contributed by atoms with E-state index in [-0.39, 0.29) is 12.4 Å². The van der Waals surface area contributed by atoms with E-state index in [1.54, 1.807) is 0 Å². The molecule has 0 saturated carbocycles. The highest BCUT2D eigenvalue weighted by Gasteiger charge is 2.02. The first-order valence-electron chi connectivity index (χ1n) is 5.04. The molecule has 0 radical (unpaired) electrons. The monoisotopic (exact) mass is 237 g/mol. The number of hydrogen-bond donors (Lipinski definition) is 1. The van der Waals surface area contributed by atoms with Gasteiger partial charge in [-0.05, 0) is 12.5 Å². The van der Waals surface area contributed by atoms with Gasteiger partial charge in [-0.3, -0.25) is 4.68 Å². The Morgan fingerprint density at radius 1 is 1.25 bits per heavy atom. The average Bonchev–Trinajstić information content (AvgIpc) is 2.58. The number of rotatable bonds is 3. The molecule has 1 N–H and O–H groups in total. The summed E-state index contributed by atoms with van der Waals surface area (Å²) in [6.07, 6.45) is 1.87. The van der Waals surface area contributed by atoms with Crippen molar-refractivity contribution in [1.29, 1.82) is 0 Å². The van der Waals surface area contributed by atoms with Gasteiger partial charge in [-0.1, -0.05) is 30.3 Å². The molecule has 0 amide bonds. The van der Waals surface area contributed by atoms with E-state index in [4.69, 9.17) is 0 Å². The molecule has 1 aromatic carbocycles. The fraction of sp³-hybridized carbons (Fsp3) is 0.250. The van der Waals surface area contributed by atoms with Crippen molar-refractivity contribution in [2.24, 2.45) is 7.05 Å². The Balaban J connectivity index is 0.00000128. The average molecular weight is 238 g/mol. The zero-order valence-corrected chi connectivity index (χ0v) is 10.3. The van der Waals surface area contributed by atoms with Crippen LogP contribution in [0.1, 0.15) is 11.1 Å².